The Bertz CT molecular complexity index is 402. The van der Waals surface area contributed by atoms with Crippen LogP contribution in [0.1, 0.15) is 25.0 Å². The molecule has 2 rings (SSSR count). The lowest BCUT2D eigenvalue weighted by molar-refractivity contribution is -0.142. The van der Waals surface area contributed by atoms with Crippen molar-refractivity contribution in [3.05, 3.63) is 18.0 Å². The number of H-pyrrole nitrogens is 1. The van der Waals surface area contributed by atoms with E-state index in [0.29, 0.717) is 6.42 Å². The molecule has 92 valence electrons. The van der Waals surface area contributed by atoms with Crippen molar-refractivity contribution in [3.8, 4) is 0 Å². The van der Waals surface area contributed by atoms with Gasteiger partial charge in [0, 0.05) is 17.9 Å². The number of aliphatic carboxylic acids is 1. The summed E-state index contributed by atoms with van der Waals surface area (Å²) in [6, 6.07) is 1.49. The second-order valence-corrected chi connectivity index (χ2v) is 4.31. The van der Waals surface area contributed by atoms with Crippen LogP contribution in [0.2, 0.25) is 0 Å². The summed E-state index contributed by atoms with van der Waals surface area (Å²) in [6.45, 7) is 0. The number of aromatic nitrogens is 2. The Kier molecular flexibility index (Phi) is 3.41. The molecule has 2 unspecified atom stereocenters. The van der Waals surface area contributed by atoms with Crippen LogP contribution < -0.4 is 5.32 Å². The van der Waals surface area contributed by atoms with Gasteiger partial charge in [-0.15, -0.1) is 0 Å². The molecule has 1 amide bonds. The van der Waals surface area contributed by atoms with Gasteiger partial charge in [-0.3, -0.25) is 14.7 Å². The van der Waals surface area contributed by atoms with Gasteiger partial charge in [0.15, 0.2) is 0 Å². The Labute approximate surface area is 98.4 Å². The topological polar surface area (TPSA) is 95.1 Å². The van der Waals surface area contributed by atoms with Crippen molar-refractivity contribution >= 4 is 11.9 Å². The van der Waals surface area contributed by atoms with Crippen LogP contribution in [-0.2, 0) is 16.0 Å². The van der Waals surface area contributed by atoms with E-state index in [2.05, 4.69) is 15.5 Å². The molecule has 1 heterocycles. The summed E-state index contributed by atoms with van der Waals surface area (Å²) in [6.07, 6.45) is 4.03. The van der Waals surface area contributed by atoms with Gasteiger partial charge in [-0.05, 0) is 18.9 Å². The number of carboxylic acid groups (broad SMARTS) is 1. The number of nitrogens with zero attached hydrogens (tertiary/aromatic N) is 1. The van der Waals surface area contributed by atoms with Crippen LogP contribution in [0.5, 0.6) is 0 Å². The van der Waals surface area contributed by atoms with Gasteiger partial charge in [-0.25, -0.2) is 0 Å². The molecule has 1 aliphatic rings. The number of hydrogen-bond donors (Lipinski definition) is 3. The fourth-order valence-electron chi connectivity index (χ4n) is 2.24. The lowest BCUT2D eigenvalue weighted by atomic mass is 10.0. The van der Waals surface area contributed by atoms with Gasteiger partial charge in [0.25, 0.3) is 0 Å². The highest BCUT2D eigenvalue weighted by molar-refractivity contribution is 5.80. The van der Waals surface area contributed by atoms with Crippen molar-refractivity contribution in [2.75, 3.05) is 0 Å². The zero-order valence-corrected chi connectivity index (χ0v) is 9.35. The summed E-state index contributed by atoms with van der Waals surface area (Å²) in [5.74, 6) is -1.43. The van der Waals surface area contributed by atoms with Gasteiger partial charge in [-0.2, -0.15) is 5.10 Å². The van der Waals surface area contributed by atoms with E-state index in [4.69, 9.17) is 5.11 Å². The Morgan fingerprint density at radius 3 is 3.00 bits per heavy atom. The SMILES string of the molecule is O=C(Cc1ccn[nH]1)NC1CCCC1C(=O)O. The lowest BCUT2D eigenvalue weighted by Gasteiger charge is -2.17. The highest BCUT2D eigenvalue weighted by Crippen LogP contribution is 2.25. The normalized spacial score (nSPS) is 23.5. The fraction of sp³-hybridized carbons (Fsp3) is 0.545. The van der Waals surface area contributed by atoms with Crippen LogP contribution in [0, 0.1) is 5.92 Å². The highest BCUT2D eigenvalue weighted by atomic mass is 16.4. The van der Waals surface area contributed by atoms with Crippen molar-refractivity contribution in [2.24, 2.45) is 5.92 Å². The first-order chi connectivity index (χ1) is 8.16. The summed E-state index contributed by atoms with van der Waals surface area (Å²) in [4.78, 5) is 22.6. The van der Waals surface area contributed by atoms with Gasteiger partial charge in [0.1, 0.15) is 0 Å². The quantitative estimate of drug-likeness (QED) is 0.702. The first-order valence-electron chi connectivity index (χ1n) is 5.67. The van der Waals surface area contributed by atoms with Crippen LogP contribution in [0.3, 0.4) is 0 Å². The summed E-state index contributed by atoms with van der Waals surface area (Å²) >= 11 is 0. The molecular formula is C11H15N3O3. The summed E-state index contributed by atoms with van der Waals surface area (Å²) in [5, 5.41) is 18.2. The third-order valence-corrected chi connectivity index (χ3v) is 3.09. The van der Waals surface area contributed by atoms with Crippen LogP contribution in [0.15, 0.2) is 12.3 Å². The average molecular weight is 237 g/mol. The fourth-order valence-corrected chi connectivity index (χ4v) is 2.24. The van der Waals surface area contributed by atoms with Crippen LogP contribution in [-0.4, -0.2) is 33.2 Å². The number of carboxylic acids is 1. The molecule has 1 aliphatic carbocycles. The van der Waals surface area contributed by atoms with Crippen molar-refractivity contribution in [2.45, 2.75) is 31.7 Å². The Morgan fingerprint density at radius 2 is 2.35 bits per heavy atom. The monoisotopic (exact) mass is 237 g/mol. The van der Waals surface area contributed by atoms with Gasteiger partial charge in [-0.1, -0.05) is 6.42 Å². The molecule has 3 N–H and O–H groups in total. The number of amides is 1. The van der Waals surface area contributed by atoms with Crippen LogP contribution in [0.4, 0.5) is 0 Å². The second kappa shape index (κ2) is 4.99. The largest absolute Gasteiger partial charge is 0.481 e. The number of carbonyl (C=O) groups is 2. The molecule has 0 aliphatic heterocycles. The highest BCUT2D eigenvalue weighted by Gasteiger charge is 2.33. The maximum atomic E-state index is 11.7. The summed E-state index contributed by atoms with van der Waals surface area (Å²) in [7, 11) is 0. The maximum Gasteiger partial charge on any atom is 0.308 e. The lowest BCUT2D eigenvalue weighted by Crippen LogP contribution is -2.40. The molecule has 1 saturated carbocycles. The van der Waals surface area contributed by atoms with Gasteiger partial charge < -0.3 is 10.4 Å². The molecule has 0 spiro atoms. The third kappa shape index (κ3) is 2.83. The Hall–Kier alpha value is -1.85. The van der Waals surface area contributed by atoms with E-state index in [0.717, 1.165) is 18.5 Å². The van der Waals surface area contributed by atoms with E-state index in [1.807, 2.05) is 0 Å². The van der Waals surface area contributed by atoms with Crippen molar-refractivity contribution in [1.29, 1.82) is 0 Å². The molecule has 1 fully saturated rings. The molecule has 0 aromatic carbocycles. The van der Waals surface area contributed by atoms with Crippen molar-refractivity contribution in [1.82, 2.24) is 15.5 Å². The van der Waals surface area contributed by atoms with E-state index in [-0.39, 0.29) is 18.4 Å². The number of hydrogen-bond acceptors (Lipinski definition) is 3. The predicted octanol–water partition coefficient (Wildman–Crippen LogP) is 0.322. The minimum atomic E-state index is -0.825. The van der Waals surface area contributed by atoms with E-state index in [1.165, 1.54) is 0 Å². The maximum absolute atomic E-state index is 11.7. The zero-order chi connectivity index (χ0) is 12.3. The zero-order valence-electron chi connectivity index (χ0n) is 9.35. The van der Waals surface area contributed by atoms with Gasteiger partial charge in [0.2, 0.25) is 5.91 Å². The summed E-state index contributed by atoms with van der Waals surface area (Å²) < 4.78 is 0. The molecule has 6 nitrogen and oxygen atoms in total. The minimum absolute atomic E-state index is 0.160. The first kappa shape index (κ1) is 11.6. The Morgan fingerprint density at radius 1 is 1.53 bits per heavy atom. The van der Waals surface area contributed by atoms with Crippen molar-refractivity contribution in [3.63, 3.8) is 0 Å². The molecule has 0 radical (unpaired) electrons. The standard InChI is InChI=1S/C11H15N3O3/c15-10(6-7-4-5-12-14-7)13-9-3-1-2-8(9)11(16)17/h4-5,8-9H,1-3,6H2,(H,12,14)(H,13,15)(H,16,17). The number of carbonyl (C=O) groups excluding carboxylic acids is 1. The van der Waals surface area contributed by atoms with E-state index >= 15 is 0 Å². The molecule has 0 bridgehead atoms. The van der Waals surface area contributed by atoms with Crippen LogP contribution in [0.25, 0.3) is 0 Å². The molecule has 1 aromatic heterocycles. The van der Waals surface area contributed by atoms with E-state index in [1.54, 1.807) is 12.3 Å². The van der Waals surface area contributed by atoms with Crippen molar-refractivity contribution < 1.29 is 14.7 Å². The first-order valence-corrected chi connectivity index (χ1v) is 5.67. The summed E-state index contributed by atoms with van der Waals surface area (Å²) in [5.41, 5.74) is 0.729. The number of nitrogens with one attached hydrogen (secondary N) is 2. The molecular weight excluding hydrogens is 222 g/mol. The predicted molar refractivity (Wildman–Crippen MR) is 59.2 cm³/mol. The second-order valence-electron chi connectivity index (χ2n) is 4.31. The number of aromatic amines is 1. The molecule has 17 heavy (non-hydrogen) atoms. The molecule has 1 aromatic rings. The van der Waals surface area contributed by atoms with Gasteiger partial charge in [0.05, 0.1) is 12.3 Å². The molecule has 6 heteroatoms. The van der Waals surface area contributed by atoms with Crippen LogP contribution >= 0.6 is 0 Å². The molecule has 0 saturated heterocycles. The van der Waals surface area contributed by atoms with Gasteiger partial charge >= 0.3 is 5.97 Å². The van der Waals surface area contributed by atoms with E-state index < -0.39 is 11.9 Å². The Balaban J connectivity index is 1.88. The smallest absolute Gasteiger partial charge is 0.308 e. The third-order valence-electron chi connectivity index (χ3n) is 3.09. The van der Waals surface area contributed by atoms with E-state index in [9.17, 15) is 9.59 Å². The number of rotatable bonds is 4. The molecule has 2 atom stereocenters. The minimum Gasteiger partial charge on any atom is -0.481 e. The average Bonchev–Trinajstić information content (AvgIpc) is 2.88.